The first-order valence-electron chi connectivity index (χ1n) is 29.1. The SMILES string of the molecule is CNCC(=O)NC(C(=O)N1CC[C@H](C)C1CN(CCc1ccccc1)C(=O)c1ccc2cc(C(=O)N(CCc3ccccc3)CC3[C@@H](C)CCN3C(=O)C(NC(=O)[C@H](C)NC)C3CCCCC3)ccc2c1)C1CCCCC1. The molecule has 4 aromatic carbocycles. The molecule has 6 amide bonds. The van der Waals surface area contributed by atoms with Crippen molar-refractivity contribution in [3.8, 4) is 0 Å². The molecule has 4 N–H and O–H groups in total. The lowest BCUT2D eigenvalue weighted by molar-refractivity contribution is -0.140. The molecule has 2 aliphatic heterocycles. The summed E-state index contributed by atoms with van der Waals surface area (Å²) >= 11 is 0. The molecule has 4 aromatic rings. The Balaban J connectivity index is 1.03. The molecule has 414 valence electrons. The van der Waals surface area contributed by atoms with E-state index in [0.717, 1.165) is 98.9 Å². The lowest BCUT2D eigenvalue weighted by Crippen LogP contribution is -2.58. The topological polar surface area (TPSA) is 163 Å². The summed E-state index contributed by atoms with van der Waals surface area (Å²) in [5, 5.41) is 13.9. The van der Waals surface area contributed by atoms with Gasteiger partial charge in [-0.2, -0.15) is 0 Å². The number of nitrogens with one attached hydrogen (secondary N) is 4. The van der Waals surface area contributed by atoms with E-state index in [2.05, 4.69) is 59.4 Å². The number of likely N-dealkylation sites (tertiary alicyclic amines) is 2. The van der Waals surface area contributed by atoms with E-state index < -0.39 is 18.1 Å². The molecule has 77 heavy (non-hydrogen) atoms. The molecular weight excluding hydrogens is 965 g/mol. The number of carbonyl (C=O) groups excluding carboxylic acids is 6. The second-order valence-corrected chi connectivity index (χ2v) is 22.8. The predicted molar refractivity (Wildman–Crippen MR) is 304 cm³/mol. The van der Waals surface area contributed by atoms with E-state index in [4.69, 9.17) is 0 Å². The maximum atomic E-state index is 15.0. The molecule has 14 nitrogen and oxygen atoms in total. The van der Waals surface area contributed by atoms with Gasteiger partial charge in [-0.25, -0.2) is 0 Å². The zero-order chi connectivity index (χ0) is 54.4. The van der Waals surface area contributed by atoms with E-state index in [1.165, 1.54) is 0 Å². The minimum Gasteiger partial charge on any atom is -0.343 e. The van der Waals surface area contributed by atoms with Crippen LogP contribution in [0.1, 0.15) is 130 Å². The highest BCUT2D eigenvalue weighted by molar-refractivity contribution is 6.02. The Morgan fingerprint density at radius 1 is 0.558 bits per heavy atom. The number of nitrogens with zero attached hydrogens (tertiary/aromatic N) is 4. The van der Waals surface area contributed by atoms with Gasteiger partial charge in [0, 0.05) is 50.4 Å². The number of rotatable bonds is 22. The molecule has 2 saturated carbocycles. The number of hydrogen-bond donors (Lipinski definition) is 4. The van der Waals surface area contributed by atoms with Crippen LogP contribution in [0.5, 0.6) is 0 Å². The summed E-state index contributed by atoms with van der Waals surface area (Å²) in [7, 11) is 3.48. The van der Waals surface area contributed by atoms with Crippen molar-refractivity contribution in [3.63, 3.8) is 0 Å². The van der Waals surface area contributed by atoms with Crippen molar-refractivity contribution in [2.75, 3.05) is 59.9 Å². The number of likely N-dealkylation sites (N-methyl/N-ethyl adjacent to an activating group) is 2. The third-order valence-corrected chi connectivity index (χ3v) is 17.6. The van der Waals surface area contributed by atoms with E-state index >= 15 is 0 Å². The van der Waals surface area contributed by atoms with Gasteiger partial charge in [-0.15, -0.1) is 0 Å². The van der Waals surface area contributed by atoms with Gasteiger partial charge in [0.2, 0.25) is 23.6 Å². The van der Waals surface area contributed by atoms with Crippen molar-refractivity contribution in [3.05, 3.63) is 119 Å². The minimum absolute atomic E-state index is 0.0480. The van der Waals surface area contributed by atoms with Crippen LogP contribution in [-0.2, 0) is 32.0 Å². The smallest absolute Gasteiger partial charge is 0.253 e. The fourth-order valence-electron chi connectivity index (χ4n) is 12.7. The molecule has 0 radical (unpaired) electrons. The number of benzene rings is 4. The zero-order valence-electron chi connectivity index (χ0n) is 46.5. The van der Waals surface area contributed by atoms with Crippen molar-refractivity contribution in [2.45, 2.75) is 141 Å². The van der Waals surface area contributed by atoms with E-state index in [1.807, 2.05) is 99.3 Å². The first-order valence-corrected chi connectivity index (χ1v) is 29.1. The predicted octanol–water partition coefficient (Wildman–Crippen LogP) is 7.64. The van der Waals surface area contributed by atoms with Crippen molar-refractivity contribution < 1.29 is 28.8 Å². The highest BCUT2D eigenvalue weighted by Crippen LogP contribution is 2.34. The van der Waals surface area contributed by atoms with Gasteiger partial charge in [-0.3, -0.25) is 28.8 Å². The van der Waals surface area contributed by atoms with Crippen LogP contribution in [0.15, 0.2) is 97.1 Å². The molecule has 4 unspecified atom stereocenters. The van der Waals surface area contributed by atoms with Crippen molar-refractivity contribution in [1.29, 1.82) is 0 Å². The summed E-state index contributed by atoms with van der Waals surface area (Å²) in [6, 6.07) is 29.6. The van der Waals surface area contributed by atoms with Gasteiger partial charge >= 0.3 is 0 Å². The van der Waals surface area contributed by atoms with Crippen LogP contribution in [0.4, 0.5) is 0 Å². The average Bonchev–Trinajstić information content (AvgIpc) is 4.03. The van der Waals surface area contributed by atoms with Crippen molar-refractivity contribution >= 4 is 46.2 Å². The highest BCUT2D eigenvalue weighted by atomic mass is 16.2. The maximum Gasteiger partial charge on any atom is 0.253 e. The van der Waals surface area contributed by atoms with E-state index in [-0.39, 0.29) is 77.7 Å². The largest absolute Gasteiger partial charge is 0.343 e. The van der Waals surface area contributed by atoms with Gasteiger partial charge in [-0.1, -0.05) is 125 Å². The average molecular weight is 1050 g/mol. The van der Waals surface area contributed by atoms with Gasteiger partial charge < -0.3 is 40.9 Å². The summed E-state index contributed by atoms with van der Waals surface area (Å²) < 4.78 is 0. The monoisotopic (exact) mass is 1050 g/mol. The fraction of sp³-hybridized carbons (Fsp3) is 0.556. The molecule has 4 aliphatic rings. The van der Waals surface area contributed by atoms with Gasteiger partial charge in [0.1, 0.15) is 12.1 Å². The van der Waals surface area contributed by atoms with E-state index in [0.29, 0.717) is 63.2 Å². The fourth-order valence-corrected chi connectivity index (χ4v) is 12.7. The summed E-state index contributed by atoms with van der Waals surface area (Å²) in [5.74, 6) is -0.299. The highest BCUT2D eigenvalue weighted by Gasteiger charge is 2.44. The number of fused-ring (bicyclic) bond motifs is 1. The molecule has 2 saturated heterocycles. The van der Waals surface area contributed by atoms with Gasteiger partial charge in [0.15, 0.2) is 0 Å². The molecule has 2 aliphatic carbocycles. The van der Waals surface area contributed by atoms with Crippen LogP contribution in [0.2, 0.25) is 0 Å². The Kier molecular flexibility index (Phi) is 20.4. The van der Waals surface area contributed by atoms with Crippen LogP contribution in [0.25, 0.3) is 10.8 Å². The van der Waals surface area contributed by atoms with Crippen LogP contribution in [-0.4, -0.2) is 145 Å². The molecule has 0 aromatic heterocycles. The molecule has 7 atom stereocenters. The summed E-state index contributed by atoms with van der Waals surface area (Å²) in [5.41, 5.74) is 3.29. The number of hydrogen-bond acceptors (Lipinski definition) is 8. The minimum atomic E-state index is -0.620. The lowest BCUT2D eigenvalue weighted by Gasteiger charge is -2.38. The lowest BCUT2D eigenvalue weighted by atomic mass is 9.83. The normalized spacial score (nSPS) is 21.3. The van der Waals surface area contributed by atoms with Crippen LogP contribution in [0, 0.1) is 23.7 Å². The third-order valence-electron chi connectivity index (χ3n) is 17.6. The van der Waals surface area contributed by atoms with E-state index in [9.17, 15) is 28.8 Å². The summed E-state index contributed by atoms with van der Waals surface area (Å²) in [4.78, 5) is 93.6. The second kappa shape index (κ2) is 27.5. The van der Waals surface area contributed by atoms with Gasteiger partial charge in [0.05, 0.1) is 24.7 Å². The van der Waals surface area contributed by atoms with Gasteiger partial charge in [0.25, 0.3) is 11.8 Å². The molecule has 4 fully saturated rings. The Morgan fingerprint density at radius 3 is 1.40 bits per heavy atom. The summed E-state index contributed by atoms with van der Waals surface area (Å²) in [6.45, 7) is 9.05. The molecule has 8 rings (SSSR count). The van der Waals surface area contributed by atoms with E-state index in [1.54, 1.807) is 14.1 Å². The maximum absolute atomic E-state index is 15.0. The van der Waals surface area contributed by atoms with Crippen molar-refractivity contribution in [1.82, 2.24) is 40.9 Å². The molecule has 0 spiro atoms. The quantitative estimate of drug-likeness (QED) is 0.0625. The van der Waals surface area contributed by atoms with Crippen molar-refractivity contribution in [2.24, 2.45) is 23.7 Å². The second-order valence-electron chi connectivity index (χ2n) is 22.8. The molecule has 14 heteroatoms. The Hall–Kier alpha value is -6.12. The van der Waals surface area contributed by atoms with Crippen LogP contribution in [0.3, 0.4) is 0 Å². The molecule has 2 heterocycles. The van der Waals surface area contributed by atoms with Crippen LogP contribution < -0.4 is 21.3 Å². The Morgan fingerprint density at radius 2 is 0.987 bits per heavy atom. The summed E-state index contributed by atoms with van der Waals surface area (Å²) in [6.07, 6.45) is 12.9. The zero-order valence-corrected chi connectivity index (χ0v) is 46.5. The first kappa shape index (κ1) is 57.1. The first-order chi connectivity index (χ1) is 37.3. The molecular formula is C63H86N8O6. The standard InChI is InChI=1S/C63H86N8O6/c1-43-30-36-70(62(76)57(66-56(72)40-64-4)48-22-14-8-15-23-48)54(43)41-68(34-32-46-18-10-6-11-19-46)60(74)52-28-26-51-39-53(29-27-50(51)38-52)61(75)69(35-33-47-20-12-7-13-21-47)42-55-44(2)31-37-71(55)63(77)58(49-24-16-9-17-25-49)67-59(73)45(3)65-5/h6-7,10-13,18-21,26-29,38-39,43-45,48-49,54-55,57-58,64-65H,8-9,14-17,22-25,30-37,40-42H2,1-5H3,(H,66,72)(H,67,73)/t43-,44-,45-,54?,55?,57?,58?/m0/s1. The van der Waals surface area contributed by atoms with Crippen LogP contribution >= 0.6 is 0 Å². The third kappa shape index (κ3) is 14.5. The Bertz CT molecular complexity index is 2620. The molecule has 0 bridgehead atoms. The van der Waals surface area contributed by atoms with Gasteiger partial charge in [-0.05, 0) is 142 Å². The number of carbonyl (C=O) groups is 6. The Labute approximate surface area is 457 Å². The number of amides is 6.